The lowest BCUT2D eigenvalue weighted by Gasteiger charge is -2.36. The van der Waals surface area contributed by atoms with Crippen molar-refractivity contribution in [1.82, 2.24) is 19.5 Å². The molecule has 0 bridgehead atoms. The predicted molar refractivity (Wildman–Crippen MR) is 133 cm³/mol. The second-order valence-electron chi connectivity index (χ2n) is 8.25. The second kappa shape index (κ2) is 9.53. The first-order valence-corrected chi connectivity index (χ1v) is 11.3. The summed E-state index contributed by atoms with van der Waals surface area (Å²) in [5, 5.41) is 15.4. The fourth-order valence-electron chi connectivity index (χ4n) is 4.38. The summed E-state index contributed by atoms with van der Waals surface area (Å²) >= 11 is 0. The summed E-state index contributed by atoms with van der Waals surface area (Å²) in [7, 11) is 3.16. The number of nitrogens with zero attached hydrogens (tertiary/aromatic N) is 6. The van der Waals surface area contributed by atoms with Crippen LogP contribution < -0.4 is 14.4 Å². The number of carbonyl (C=O) groups excluding carboxylic acids is 1. The Labute approximate surface area is 206 Å². The van der Waals surface area contributed by atoms with Crippen molar-refractivity contribution >= 4 is 22.9 Å². The third kappa shape index (κ3) is 4.15. The van der Waals surface area contributed by atoms with Gasteiger partial charge in [0.05, 0.1) is 31.0 Å². The second-order valence-corrected chi connectivity index (χ2v) is 8.25. The average molecular weight is 489 g/mol. The minimum atomic E-state index is -0.415. The Morgan fingerprint density at radius 2 is 1.69 bits per heavy atom. The molecule has 0 aliphatic carbocycles. The number of rotatable bonds is 6. The quantitative estimate of drug-likeness (QED) is 0.300. The molecule has 36 heavy (non-hydrogen) atoms. The van der Waals surface area contributed by atoms with Crippen molar-refractivity contribution in [2.45, 2.75) is 0 Å². The van der Waals surface area contributed by atoms with Crippen molar-refractivity contribution in [3.8, 4) is 22.8 Å². The maximum atomic E-state index is 13.4. The van der Waals surface area contributed by atoms with Gasteiger partial charge in [-0.2, -0.15) is 5.10 Å². The molecule has 0 saturated carbocycles. The van der Waals surface area contributed by atoms with Gasteiger partial charge in [-0.15, -0.1) is 0 Å². The molecule has 4 aromatic rings. The SMILES string of the molecule is COc1ccc(-c2ccnc3c(C(=O)N4CCN(c5ccc([N+](=O)[O-])cc5)CC4)cnn23)cc1OC. The van der Waals surface area contributed by atoms with Gasteiger partial charge in [-0.25, -0.2) is 9.50 Å². The van der Waals surface area contributed by atoms with Gasteiger partial charge in [0.15, 0.2) is 17.1 Å². The van der Waals surface area contributed by atoms with Crippen LogP contribution >= 0.6 is 0 Å². The number of anilines is 1. The summed E-state index contributed by atoms with van der Waals surface area (Å²) in [5.74, 6) is 1.08. The standard InChI is InChI=1S/C25H24N6O5/c1-35-22-8-3-17(15-23(22)36-2)21-9-10-26-24-20(16-27-30(21)24)25(32)29-13-11-28(12-14-29)18-4-6-19(7-5-18)31(33)34/h3-10,15-16H,11-14H2,1-2H3. The molecule has 2 aromatic heterocycles. The maximum absolute atomic E-state index is 13.4. The molecule has 11 heteroatoms. The first kappa shape index (κ1) is 23.1. The van der Waals surface area contributed by atoms with Crippen LogP contribution in [-0.4, -0.2) is 70.7 Å². The minimum absolute atomic E-state index is 0.0561. The highest BCUT2D eigenvalue weighted by atomic mass is 16.6. The number of benzene rings is 2. The van der Waals surface area contributed by atoms with Crippen LogP contribution in [-0.2, 0) is 0 Å². The molecule has 0 N–H and O–H groups in total. The molecule has 2 aromatic carbocycles. The summed E-state index contributed by atoms with van der Waals surface area (Å²) in [6, 6.07) is 13.9. The number of amides is 1. The molecular weight excluding hydrogens is 464 g/mol. The van der Waals surface area contributed by atoms with Crippen molar-refractivity contribution in [3.05, 3.63) is 76.6 Å². The van der Waals surface area contributed by atoms with Crippen LogP contribution in [0.15, 0.2) is 60.9 Å². The van der Waals surface area contributed by atoms with Crippen LogP contribution in [0, 0.1) is 10.1 Å². The molecule has 184 valence electrons. The predicted octanol–water partition coefficient (Wildman–Crippen LogP) is 3.28. The lowest BCUT2D eigenvalue weighted by molar-refractivity contribution is -0.384. The van der Waals surface area contributed by atoms with E-state index in [1.54, 1.807) is 48.2 Å². The third-order valence-electron chi connectivity index (χ3n) is 6.30. The number of hydrogen-bond acceptors (Lipinski definition) is 8. The Balaban J connectivity index is 1.35. The molecule has 1 fully saturated rings. The summed E-state index contributed by atoms with van der Waals surface area (Å²) in [6.45, 7) is 2.27. The summed E-state index contributed by atoms with van der Waals surface area (Å²) in [6.07, 6.45) is 3.21. The zero-order valence-corrected chi connectivity index (χ0v) is 19.8. The van der Waals surface area contributed by atoms with Crippen molar-refractivity contribution in [2.24, 2.45) is 0 Å². The zero-order chi connectivity index (χ0) is 25.2. The molecule has 0 radical (unpaired) electrons. The molecule has 1 saturated heterocycles. The van der Waals surface area contributed by atoms with Crippen LogP contribution in [0.2, 0.25) is 0 Å². The number of non-ortho nitro benzene ring substituents is 1. The van der Waals surface area contributed by atoms with Gasteiger partial charge in [-0.05, 0) is 36.4 Å². The van der Waals surface area contributed by atoms with E-state index < -0.39 is 4.92 Å². The van der Waals surface area contributed by atoms with E-state index in [1.165, 1.54) is 12.1 Å². The van der Waals surface area contributed by atoms with E-state index in [1.807, 2.05) is 24.3 Å². The number of ether oxygens (including phenoxy) is 2. The Hall–Kier alpha value is -4.67. The lowest BCUT2D eigenvalue weighted by Crippen LogP contribution is -2.48. The molecule has 3 heterocycles. The fraction of sp³-hybridized carbons (Fsp3) is 0.240. The van der Waals surface area contributed by atoms with E-state index >= 15 is 0 Å². The van der Waals surface area contributed by atoms with E-state index in [9.17, 15) is 14.9 Å². The zero-order valence-electron chi connectivity index (χ0n) is 19.8. The first-order valence-electron chi connectivity index (χ1n) is 11.3. The normalized spacial score (nSPS) is 13.6. The molecule has 11 nitrogen and oxygen atoms in total. The van der Waals surface area contributed by atoms with Gasteiger partial charge >= 0.3 is 0 Å². The molecule has 0 unspecified atom stereocenters. The highest BCUT2D eigenvalue weighted by Crippen LogP contribution is 2.32. The topological polar surface area (TPSA) is 115 Å². The number of methoxy groups -OCH3 is 2. The largest absolute Gasteiger partial charge is 0.493 e. The van der Waals surface area contributed by atoms with Crippen molar-refractivity contribution < 1.29 is 19.2 Å². The van der Waals surface area contributed by atoms with Gasteiger partial charge in [0, 0.05) is 55.8 Å². The van der Waals surface area contributed by atoms with Crippen LogP contribution in [0.4, 0.5) is 11.4 Å². The fourth-order valence-corrected chi connectivity index (χ4v) is 4.38. The molecular formula is C25H24N6O5. The smallest absolute Gasteiger partial charge is 0.269 e. The number of piperazine rings is 1. The van der Waals surface area contributed by atoms with Gasteiger partial charge in [0.2, 0.25) is 0 Å². The maximum Gasteiger partial charge on any atom is 0.269 e. The van der Waals surface area contributed by atoms with Crippen LogP contribution in [0.1, 0.15) is 10.4 Å². The van der Waals surface area contributed by atoms with Gasteiger partial charge in [0.1, 0.15) is 5.56 Å². The third-order valence-corrected chi connectivity index (χ3v) is 6.30. The molecule has 1 amide bonds. The van der Waals surface area contributed by atoms with Crippen molar-refractivity contribution in [2.75, 3.05) is 45.3 Å². The molecule has 1 aliphatic heterocycles. The van der Waals surface area contributed by atoms with Crippen LogP contribution in [0.3, 0.4) is 0 Å². The molecule has 5 rings (SSSR count). The Kier molecular flexibility index (Phi) is 6.11. The van der Waals surface area contributed by atoms with Gasteiger partial charge < -0.3 is 19.3 Å². The highest BCUT2D eigenvalue weighted by molar-refractivity contribution is 6.00. The molecule has 0 spiro atoms. The van der Waals surface area contributed by atoms with Crippen molar-refractivity contribution in [3.63, 3.8) is 0 Å². The molecule has 1 aliphatic rings. The van der Waals surface area contributed by atoms with E-state index in [-0.39, 0.29) is 11.6 Å². The Morgan fingerprint density at radius 1 is 0.972 bits per heavy atom. The number of fused-ring (bicyclic) bond motifs is 1. The van der Waals surface area contributed by atoms with Gasteiger partial charge in [-0.1, -0.05) is 0 Å². The Morgan fingerprint density at radius 3 is 2.36 bits per heavy atom. The number of carbonyl (C=O) groups is 1. The Bertz CT molecular complexity index is 1430. The number of nitro benzene ring substituents is 1. The highest BCUT2D eigenvalue weighted by Gasteiger charge is 2.26. The summed E-state index contributed by atoms with van der Waals surface area (Å²) in [5.41, 5.74) is 3.47. The van der Waals surface area contributed by atoms with E-state index in [0.29, 0.717) is 48.9 Å². The minimum Gasteiger partial charge on any atom is -0.493 e. The van der Waals surface area contributed by atoms with Gasteiger partial charge in [-0.3, -0.25) is 14.9 Å². The number of nitro groups is 1. The summed E-state index contributed by atoms with van der Waals surface area (Å²) < 4.78 is 12.4. The summed E-state index contributed by atoms with van der Waals surface area (Å²) in [4.78, 5) is 32.2. The molecule has 0 atom stereocenters. The average Bonchev–Trinajstić information content (AvgIpc) is 3.37. The van der Waals surface area contributed by atoms with E-state index in [0.717, 1.165) is 16.9 Å². The van der Waals surface area contributed by atoms with E-state index in [2.05, 4.69) is 15.0 Å². The van der Waals surface area contributed by atoms with E-state index in [4.69, 9.17) is 9.47 Å². The lowest BCUT2D eigenvalue weighted by atomic mass is 10.1. The number of hydrogen-bond donors (Lipinski definition) is 0. The first-order chi connectivity index (χ1) is 17.5. The number of aromatic nitrogens is 3. The monoisotopic (exact) mass is 488 g/mol. The van der Waals surface area contributed by atoms with Crippen molar-refractivity contribution in [1.29, 1.82) is 0 Å². The van der Waals surface area contributed by atoms with Gasteiger partial charge in [0.25, 0.3) is 11.6 Å². The van der Waals surface area contributed by atoms with Crippen LogP contribution in [0.25, 0.3) is 16.9 Å². The van der Waals surface area contributed by atoms with Crippen LogP contribution in [0.5, 0.6) is 11.5 Å².